The molecule has 19 heavy (non-hydrogen) atoms. The zero-order valence-corrected chi connectivity index (χ0v) is 13.0. The highest BCUT2D eigenvalue weighted by Gasteiger charge is 2.20. The number of halogens is 2. The number of hydrogen-bond acceptors (Lipinski definition) is 1. The third-order valence-corrected chi connectivity index (χ3v) is 4.71. The van der Waals surface area contributed by atoms with Crippen LogP contribution in [0.15, 0.2) is 22.7 Å². The van der Waals surface area contributed by atoms with E-state index in [1.54, 1.807) is 6.07 Å². The summed E-state index contributed by atoms with van der Waals surface area (Å²) in [5.74, 6) is 0.420. The van der Waals surface area contributed by atoms with Crippen LogP contribution in [0.4, 0.5) is 4.39 Å². The van der Waals surface area contributed by atoms with Gasteiger partial charge in [0.25, 0.3) is 0 Å². The first-order valence-corrected chi connectivity index (χ1v) is 8.15. The molecule has 0 spiro atoms. The molecule has 2 rings (SSSR count). The fourth-order valence-corrected chi connectivity index (χ4v) is 3.44. The first kappa shape index (κ1) is 15.0. The van der Waals surface area contributed by atoms with Crippen LogP contribution in [0.1, 0.15) is 50.5 Å². The molecule has 0 radical (unpaired) electrons. The summed E-state index contributed by atoms with van der Waals surface area (Å²) in [6.07, 6.45) is 9.63. The minimum absolute atomic E-state index is 0.0851. The molecule has 1 aliphatic rings. The molecule has 1 unspecified atom stereocenters. The Balaban J connectivity index is 1.98. The van der Waals surface area contributed by atoms with Crippen LogP contribution in [-0.4, -0.2) is 6.04 Å². The molecule has 106 valence electrons. The molecule has 0 aromatic heterocycles. The van der Waals surface area contributed by atoms with Crippen molar-refractivity contribution in [3.63, 3.8) is 0 Å². The molecule has 1 atom stereocenters. The molecule has 1 aliphatic carbocycles. The van der Waals surface area contributed by atoms with E-state index in [1.807, 2.05) is 6.07 Å². The lowest BCUT2D eigenvalue weighted by molar-refractivity contribution is 0.320. The lowest BCUT2D eigenvalue weighted by Gasteiger charge is -2.26. The van der Waals surface area contributed by atoms with Crippen molar-refractivity contribution in [2.75, 3.05) is 0 Å². The number of rotatable bonds is 3. The third kappa shape index (κ3) is 4.57. The van der Waals surface area contributed by atoms with E-state index in [0.29, 0.717) is 12.3 Å². The second-order valence-electron chi connectivity index (χ2n) is 5.71. The van der Waals surface area contributed by atoms with E-state index in [1.165, 1.54) is 51.0 Å². The molecule has 1 aromatic rings. The van der Waals surface area contributed by atoms with E-state index in [4.69, 9.17) is 5.73 Å². The number of hydrogen-bond donors (Lipinski definition) is 1. The molecule has 2 N–H and O–H groups in total. The van der Waals surface area contributed by atoms with Gasteiger partial charge in [-0.15, -0.1) is 0 Å². The van der Waals surface area contributed by atoms with Crippen molar-refractivity contribution < 1.29 is 4.39 Å². The summed E-state index contributed by atoms with van der Waals surface area (Å²) in [4.78, 5) is 0. The molecule has 0 saturated heterocycles. The summed E-state index contributed by atoms with van der Waals surface area (Å²) < 4.78 is 14.7. The lowest BCUT2D eigenvalue weighted by Crippen LogP contribution is -2.33. The van der Waals surface area contributed by atoms with Gasteiger partial charge in [-0.1, -0.05) is 48.0 Å². The predicted molar refractivity (Wildman–Crippen MR) is 81.6 cm³/mol. The molecule has 1 saturated carbocycles. The Kier molecular flexibility index (Phi) is 5.83. The summed E-state index contributed by atoms with van der Waals surface area (Å²) in [5.41, 5.74) is 7.08. The lowest BCUT2D eigenvalue weighted by atomic mass is 9.84. The predicted octanol–water partition coefficient (Wildman–Crippen LogP) is 4.82. The average Bonchev–Trinajstić information content (AvgIpc) is 2.33. The van der Waals surface area contributed by atoms with Crippen molar-refractivity contribution in [3.05, 3.63) is 34.1 Å². The van der Waals surface area contributed by atoms with E-state index in [0.717, 1.165) is 10.0 Å². The van der Waals surface area contributed by atoms with Crippen LogP contribution in [0.25, 0.3) is 0 Å². The maximum atomic E-state index is 13.8. The first-order chi connectivity index (χ1) is 9.16. The van der Waals surface area contributed by atoms with Gasteiger partial charge >= 0.3 is 0 Å². The van der Waals surface area contributed by atoms with Crippen LogP contribution in [0.3, 0.4) is 0 Å². The van der Waals surface area contributed by atoms with Crippen LogP contribution in [0.5, 0.6) is 0 Å². The van der Waals surface area contributed by atoms with E-state index < -0.39 is 0 Å². The molecule has 0 aliphatic heterocycles. The fraction of sp³-hybridized carbons (Fsp3) is 0.625. The van der Waals surface area contributed by atoms with Gasteiger partial charge < -0.3 is 5.73 Å². The minimum atomic E-state index is -0.135. The number of nitrogens with two attached hydrogens (primary N) is 1. The largest absolute Gasteiger partial charge is 0.327 e. The Hall–Kier alpha value is -0.410. The van der Waals surface area contributed by atoms with Gasteiger partial charge in [0.1, 0.15) is 5.82 Å². The van der Waals surface area contributed by atoms with E-state index >= 15 is 0 Å². The van der Waals surface area contributed by atoms with Crippen molar-refractivity contribution >= 4 is 15.9 Å². The Bertz CT molecular complexity index is 400. The van der Waals surface area contributed by atoms with Gasteiger partial charge in [0, 0.05) is 10.5 Å². The Morgan fingerprint density at radius 2 is 1.79 bits per heavy atom. The van der Waals surface area contributed by atoms with Crippen molar-refractivity contribution in [3.8, 4) is 0 Å². The van der Waals surface area contributed by atoms with Gasteiger partial charge in [-0.05, 0) is 48.9 Å². The van der Waals surface area contributed by atoms with Gasteiger partial charge in [-0.25, -0.2) is 4.39 Å². The molecule has 1 fully saturated rings. The average molecular weight is 328 g/mol. The molecular weight excluding hydrogens is 305 g/mol. The van der Waals surface area contributed by atoms with Crippen LogP contribution in [0, 0.1) is 11.7 Å². The first-order valence-electron chi connectivity index (χ1n) is 7.36. The van der Waals surface area contributed by atoms with E-state index in [9.17, 15) is 4.39 Å². The van der Waals surface area contributed by atoms with Crippen LogP contribution < -0.4 is 5.73 Å². The zero-order valence-electron chi connectivity index (χ0n) is 11.4. The molecule has 3 heteroatoms. The fourth-order valence-electron chi connectivity index (χ4n) is 3.04. The van der Waals surface area contributed by atoms with Crippen molar-refractivity contribution in [2.45, 2.75) is 57.4 Å². The summed E-state index contributed by atoms with van der Waals surface area (Å²) in [6, 6.07) is 5.20. The molecule has 1 nitrogen and oxygen atoms in total. The highest BCUT2D eigenvalue weighted by Crippen LogP contribution is 2.26. The standard InChI is InChI=1S/C16H23BrFN/c17-14-8-9-15(18)13(10-14)11-16(19)12-6-4-2-1-3-5-7-12/h8-10,12,16H,1-7,11,19H2. The van der Waals surface area contributed by atoms with E-state index in [-0.39, 0.29) is 11.9 Å². The van der Waals surface area contributed by atoms with Crippen molar-refractivity contribution in [2.24, 2.45) is 11.7 Å². The second kappa shape index (κ2) is 7.39. The maximum absolute atomic E-state index is 13.8. The quantitative estimate of drug-likeness (QED) is 0.846. The van der Waals surface area contributed by atoms with Crippen LogP contribution in [0.2, 0.25) is 0 Å². The zero-order chi connectivity index (χ0) is 13.7. The monoisotopic (exact) mass is 327 g/mol. The summed E-state index contributed by atoms with van der Waals surface area (Å²) >= 11 is 3.40. The highest BCUT2D eigenvalue weighted by molar-refractivity contribution is 9.10. The van der Waals surface area contributed by atoms with Crippen LogP contribution >= 0.6 is 15.9 Å². The maximum Gasteiger partial charge on any atom is 0.126 e. The third-order valence-electron chi connectivity index (χ3n) is 4.22. The Labute approximate surface area is 123 Å². The van der Waals surface area contributed by atoms with Gasteiger partial charge in [0.05, 0.1) is 0 Å². The molecule has 1 aromatic carbocycles. The summed E-state index contributed by atoms with van der Waals surface area (Å²) in [7, 11) is 0. The number of benzene rings is 1. The van der Waals surface area contributed by atoms with E-state index in [2.05, 4.69) is 15.9 Å². The summed E-state index contributed by atoms with van der Waals surface area (Å²) in [5, 5.41) is 0. The second-order valence-corrected chi connectivity index (χ2v) is 6.62. The summed E-state index contributed by atoms with van der Waals surface area (Å²) in [6.45, 7) is 0. The molecule has 0 heterocycles. The minimum Gasteiger partial charge on any atom is -0.327 e. The van der Waals surface area contributed by atoms with Crippen LogP contribution in [-0.2, 0) is 6.42 Å². The highest BCUT2D eigenvalue weighted by atomic mass is 79.9. The van der Waals surface area contributed by atoms with Gasteiger partial charge in [0.15, 0.2) is 0 Å². The Morgan fingerprint density at radius 1 is 1.16 bits per heavy atom. The van der Waals surface area contributed by atoms with Gasteiger partial charge in [0.2, 0.25) is 0 Å². The normalized spacial score (nSPS) is 19.7. The smallest absolute Gasteiger partial charge is 0.126 e. The van der Waals surface area contributed by atoms with Crippen molar-refractivity contribution in [1.29, 1.82) is 0 Å². The topological polar surface area (TPSA) is 26.0 Å². The van der Waals surface area contributed by atoms with Gasteiger partial charge in [-0.3, -0.25) is 0 Å². The molecular formula is C16H23BrFN. The van der Waals surface area contributed by atoms with Crippen molar-refractivity contribution in [1.82, 2.24) is 0 Å². The SMILES string of the molecule is NC(Cc1cc(Br)ccc1F)C1CCCCCCC1. The molecule has 0 amide bonds. The Morgan fingerprint density at radius 3 is 2.47 bits per heavy atom. The molecule has 0 bridgehead atoms. The van der Waals surface area contributed by atoms with Gasteiger partial charge in [-0.2, -0.15) is 0 Å².